The lowest BCUT2D eigenvalue weighted by Gasteiger charge is -2.34. The van der Waals surface area contributed by atoms with Crippen LogP contribution in [0.4, 0.5) is 0 Å². The fraction of sp³-hybridized carbons (Fsp3) is 0.444. The van der Waals surface area contributed by atoms with E-state index in [2.05, 4.69) is 20.3 Å². The van der Waals surface area contributed by atoms with Crippen LogP contribution in [0.15, 0.2) is 30.7 Å². The Balaban J connectivity index is 1.45. The molecule has 9 heteroatoms. The molecule has 0 aromatic carbocycles. The first-order chi connectivity index (χ1) is 13.1. The molecule has 3 rings (SSSR count). The van der Waals surface area contributed by atoms with Gasteiger partial charge in [-0.15, -0.1) is 5.10 Å². The molecule has 1 aliphatic rings. The van der Waals surface area contributed by atoms with Crippen molar-refractivity contribution < 1.29 is 14.3 Å². The fourth-order valence-corrected chi connectivity index (χ4v) is 3.04. The molecule has 0 unspecified atom stereocenters. The van der Waals surface area contributed by atoms with Crippen LogP contribution in [-0.2, 0) is 18.4 Å². The number of aryl methyl sites for hydroxylation is 1. The van der Waals surface area contributed by atoms with Crippen LogP contribution in [0.1, 0.15) is 15.9 Å². The highest BCUT2D eigenvalue weighted by Crippen LogP contribution is 2.14. The van der Waals surface area contributed by atoms with E-state index in [4.69, 9.17) is 4.74 Å². The van der Waals surface area contributed by atoms with Gasteiger partial charge in [0.05, 0.1) is 13.7 Å². The first-order valence-corrected chi connectivity index (χ1v) is 8.81. The molecule has 3 heterocycles. The monoisotopic (exact) mass is 372 g/mol. The summed E-state index contributed by atoms with van der Waals surface area (Å²) in [5, 5.41) is 6.69. The van der Waals surface area contributed by atoms with Crippen molar-refractivity contribution in [2.75, 3.05) is 39.8 Å². The Labute approximate surface area is 157 Å². The molecule has 0 radical (unpaired) electrons. The Morgan fingerprint density at radius 1 is 1.26 bits per heavy atom. The highest BCUT2D eigenvalue weighted by Gasteiger charge is 2.22. The maximum Gasteiger partial charge on any atom is 0.258 e. The molecule has 2 aromatic rings. The van der Waals surface area contributed by atoms with Crippen molar-refractivity contribution in [3.8, 4) is 5.88 Å². The van der Waals surface area contributed by atoms with Gasteiger partial charge in [-0.2, -0.15) is 0 Å². The number of hydrogen-bond donors (Lipinski definition) is 1. The summed E-state index contributed by atoms with van der Waals surface area (Å²) in [5.41, 5.74) is 1.48. The second-order valence-corrected chi connectivity index (χ2v) is 6.43. The third-order valence-electron chi connectivity index (χ3n) is 4.49. The Bertz CT molecular complexity index is 784. The lowest BCUT2D eigenvalue weighted by Crippen LogP contribution is -2.50. The minimum atomic E-state index is -0.372. The minimum Gasteiger partial charge on any atom is -0.479 e. The lowest BCUT2D eigenvalue weighted by molar-refractivity contribution is -0.131. The Morgan fingerprint density at radius 2 is 2.04 bits per heavy atom. The Kier molecular flexibility index (Phi) is 6.02. The molecule has 1 saturated heterocycles. The van der Waals surface area contributed by atoms with Gasteiger partial charge in [0.25, 0.3) is 5.91 Å². The van der Waals surface area contributed by atoms with Crippen LogP contribution in [0.2, 0.25) is 0 Å². The number of amides is 2. The van der Waals surface area contributed by atoms with Gasteiger partial charge in [-0.25, -0.2) is 0 Å². The molecule has 27 heavy (non-hydrogen) atoms. The zero-order valence-electron chi connectivity index (χ0n) is 15.6. The zero-order valence-corrected chi connectivity index (χ0v) is 15.6. The third-order valence-corrected chi connectivity index (χ3v) is 4.49. The van der Waals surface area contributed by atoms with E-state index >= 15 is 0 Å². The topological polar surface area (TPSA) is 92.6 Å². The first kappa shape index (κ1) is 18.8. The smallest absolute Gasteiger partial charge is 0.258 e. The van der Waals surface area contributed by atoms with Crippen molar-refractivity contribution in [1.29, 1.82) is 0 Å². The molecular weight excluding hydrogens is 348 g/mol. The molecule has 1 aliphatic heterocycles. The number of pyridine rings is 1. The van der Waals surface area contributed by atoms with Crippen LogP contribution in [0.25, 0.3) is 0 Å². The maximum absolute atomic E-state index is 12.4. The number of carbonyl (C=O) groups excluding carboxylic acids is 2. The SMILES string of the molecule is COc1nn(C)cc1C(=O)NCC(=O)N1CCN(Cc2cccnc2)CC1. The van der Waals surface area contributed by atoms with E-state index in [-0.39, 0.29) is 24.2 Å². The highest BCUT2D eigenvalue weighted by atomic mass is 16.5. The zero-order chi connectivity index (χ0) is 19.2. The third kappa shape index (κ3) is 4.82. The predicted molar refractivity (Wildman–Crippen MR) is 98.2 cm³/mol. The number of hydrogen-bond acceptors (Lipinski definition) is 6. The molecule has 0 spiro atoms. The first-order valence-electron chi connectivity index (χ1n) is 8.81. The molecule has 0 aliphatic carbocycles. The van der Waals surface area contributed by atoms with Crippen molar-refractivity contribution in [2.45, 2.75) is 6.54 Å². The van der Waals surface area contributed by atoms with E-state index in [9.17, 15) is 9.59 Å². The quantitative estimate of drug-likeness (QED) is 0.761. The van der Waals surface area contributed by atoms with Gasteiger partial charge in [0.2, 0.25) is 11.8 Å². The van der Waals surface area contributed by atoms with Crippen molar-refractivity contribution in [3.63, 3.8) is 0 Å². The normalized spacial score (nSPS) is 14.8. The van der Waals surface area contributed by atoms with E-state index in [0.717, 1.165) is 25.2 Å². The number of aromatic nitrogens is 3. The lowest BCUT2D eigenvalue weighted by atomic mass is 10.2. The number of methoxy groups -OCH3 is 1. The Hall–Kier alpha value is -2.94. The molecule has 1 fully saturated rings. The molecule has 0 saturated carbocycles. The van der Waals surface area contributed by atoms with Crippen LogP contribution in [0.5, 0.6) is 5.88 Å². The summed E-state index contributed by atoms with van der Waals surface area (Å²) in [6, 6.07) is 3.97. The fourth-order valence-electron chi connectivity index (χ4n) is 3.04. The van der Waals surface area contributed by atoms with Gasteiger partial charge >= 0.3 is 0 Å². The number of piperazine rings is 1. The Morgan fingerprint density at radius 3 is 2.70 bits per heavy atom. The van der Waals surface area contributed by atoms with Crippen molar-refractivity contribution in [1.82, 2.24) is 29.9 Å². The number of nitrogens with one attached hydrogen (secondary N) is 1. The minimum absolute atomic E-state index is 0.0422. The van der Waals surface area contributed by atoms with Crippen molar-refractivity contribution >= 4 is 11.8 Å². The van der Waals surface area contributed by atoms with Gasteiger partial charge in [-0.1, -0.05) is 6.07 Å². The number of rotatable bonds is 6. The number of carbonyl (C=O) groups is 2. The van der Waals surface area contributed by atoms with Gasteiger partial charge in [0, 0.05) is 58.4 Å². The summed E-state index contributed by atoms with van der Waals surface area (Å²) in [5.74, 6) is -0.220. The summed E-state index contributed by atoms with van der Waals surface area (Å²) < 4.78 is 6.57. The van der Waals surface area contributed by atoms with Gasteiger partial charge < -0.3 is 15.0 Å². The molecular formula is C18H24N6O3. The molecule has 0 bridgehead atoms. The van der Waals surface area contributed by atoms with Gasteiger partial charge in [-0.3, -0.25) is 24.2 Å². The van der Waals surface area contributed by atoms with Crippen LogP contribution < -0.4 is 10.1 Å². The molecule has 2 amide bonds. The molecule has 0 atom stereocenters. The van der Waals surface area contributed by atoms with Crippen molar-refractivity contribution in [2.24, 2.45) is 7.05 Å². The van der Waals surface area contributed by atoms with E-state index in [1.165, 1.54) is 11.8 Å². The number of nitrogens with zero attached hydrogens (tertiary/aromatic N) is 5. The summed E-state index contributed by atoms with van der Waals surface area (Å²) in [7, 11) is 3.16. The second kappa shape index (κ2) is 8.63. The predicted octanol–water partition coefficient (Wildman–Crippen LogP) is -0.102. The van der Waals surface area contributed by atoms with Gasteiger partial charge in [0.1, 0.15) is 5.56 Å². The maximum atomic E-state index is 12.4. The van der Waals surface area contributed by atoms with Crippen LogP contribution >= 0.6 is 0 Å². The second-order valence-electron chi connectivity index (χ2n) is 6.43. The molecule has 1 N–H and O–H groups in total. The van der Waals surface area contributed by atoms with E-state index in [1.54, 1.807) is 24.3 Å². The van der Waals surface area contributed by atoms with Crippen LogP contribution in [0.3, 0.4) is 0 Å². The summed E-state index contributed by atoms with van der Waals surface area (Å²) in [6.45, 7) is 3.67. The van der Waals surface area contributed by atoms with Gasteiger partial charge in [-0.05, 0) is 11.6 Å². The van der Waals surface area contributed by atoms with E-state index in [1.807, 2.05) is 18.3 Å². The van der Waals surface area contributed by atoms with E-state index < -0.39 is 0 Å². The summed E-state index contributed by atoms with van der Waals surface area (Å²) in [6.07, 6.45) is 5.19. The average Bonchev–Trinajstić information content (AvgIpc) is 3.08. The average molecular weight is 372 g/mol. The van der Waals surface area contributed by atoms with Crippen LogP contribution in [-0.4, -0.2) is 76.2 Å². The summed E-state index contributed by atoms with van der Waals surface area (Å²) in [4.78, 5) is 32.8. The largest absolute Gasteiger partial charge is 0.479 e. The molecule has 144 valence electrons. The summed E-state index contributed by atoms with van der Waals surface area (Å²) >= 11 is 0. The molecule has 9 nitrogen and oxygen atoms in total. The molecule has 2 aromatic heterocycles. The van der Waals surface area contributed by atoms with Crippen molar-refractivity contribution in [3.05, 3.63) is 41.9 Å². The highest BCUT2D eigenvalue weighted by molar-refractivity contribution is 5.98. The number of ether oxygens (including phenoxy) is 1. The van der Waals surface area contributed by atoms with Gasteiger partial charge in [0.15, 0.2) is 0 Å². The van der Waals surface area contributed by atoms with E-state index in [0.29, 0.717) is 18.7 Å². The van der Waals surface area contributed by atoms with Crippen LogP contribution in [0, 0.1) is 0 Å². The standard InChI is InChI=1S/C18H24N6O3/c1-22-13-15(18(21-22)27-2)17(26)20-11-16(25)24-8-6-23(7-9-24)12-14-4-3-5-19-10-14/h3-5,10,13H,6-9,11-12H2,1-2H3,(H,20,26).